The molecule has 46 heavy (non-hydrogen) atoms. The van der Waals surface area contributed by atoms with E-state index in [-0.39, 0.29) is 28.1 Å². The predicted octanol–water partition coefficient (Wildman–Crippen LogP) is 6.88. The van der Waals surface area contributed by atoms with E-state index in [0.29, 0.717) is 79.6 Å². The number of rotatable bonds is 3. The smallest absolute Gasteiger partial charge is 0.418 e. The second kappa shape index (κ2) is 13.2. The fourth-order valence-corrected chi connectivity index (χ4v) is 6.75. The standard InChI is InChI=1S/C31H33ClF3N5O5S/c1-2-46(41,42)40-19-22-21-8-7-20(15-26(21)40)44-11-5-3-4-6-12-45-28-17-25(37-30-36-18-24(32)29(22)38-30)23(31(33,34)35)16-27(28)39-9-13-43-14-10-39/h7-8,15-19H,2-6,9-14H2,1H3,(H,36,37,38). The van der Waals surface area contributed by atoms with Crippen molar-refractivity contribution in [2.75, 3.05) is 55.5 Å². The molecule has 4 aromatic rings. The number of hydrogen-bond donors (Lipinski definition) is 1. The number of hydrogen-bond acceptors (Lipinski definition) is 9. The third-order valence-corrected chi connectivity index (χ3v) is 9.88. The van der Waals surface area contributed by atoms with Gasteiger partial charge in [0.15, 0.2) is 0 Å². The Morgan fingerprint density at radius 3 is 2.46 bits per heavy atom. The summed E-state index contributed by atoms with van der Waals surface area (Å²) < 4.78 is 88.5. The fraction of sp³-hybridized carbons (Fsp3) is 0.419. The largest absolute Gasteiger partial charge is 0.494 e. The Morgan fingerprint density at radius 2 is 1.74 bits per heavy atom. The van der Waals surface area contributed by atoms with Gasteiger partial charge in [0, 0.05) is 42.4 Å². The molecule has 7 rings (SSSR count). The first-order chi connectivity index (χ1) is 22.0. The topological polar surface area (TPSA) is 108 Å². The summed E-state index contributed by atoms with van der Waals surface area (Å²) in [4.78, 5) is 10.5. The molecule has 2 aromatic carbocycles. The van der Waals surface area contributed by atoms with Crippen molar-refractivity contribution in [2.45, 2.75) is 38.8 Å². The zero-order valence-electron chi connectivity index (χ0n) is 25.1. The molecule has 0 radical (unpaired) electrons. The third kappa shape index (κ3) is 6.69. The van der Waals surface area contributed by atoms with Crippen LogP contribution in [0.4, 0.5) is 30.5 Å². The van der Waals surface area contributed by atoms with E-state index in [9.17, 15) is 21.6 Å². The molecule has 0 unspecified atom stereocenters. The van der Waals surface area contributed by atoms with Crippen LogP contribution in [0.3, 0.4) is 0 Å². The summed E-state index contributed by atoms with van der Waals surface area (Å²) in [5.41, 5.74) is 0.00579. The van der Waals surface area contributed by atoms with Crippen molar-refractivity contribution in [3.05, 3.63) is 53.3 Å². The Balaban J connectivity index is 1.50. The fourth-order valence-electron chi connectivity index (χ4n) is 5.57. The van der Waals surface area contributed by atoms with Crippen LogP contribution in [0.5, 0.6) is 11.5 Å². The van der Waals surface area contributed by atoms with Gasteiger partial charge in [-0.2, -0.15) is 13.2 Å². The highest BCUT2D eigenvalue weighted by Crippen LogP contribution is 2.44. The number of nitrogens with zero attached hydrogens (tertiary/aromatic N) is 4. The van der Waals surface area contributed by atoms with Crippen molar-refractivity contribution in [1.29, 1.82) is 0 Å². The normalized spacial score (nSPS) is 16.6. The van der Waals surface area contributed by atoms with Gasteiger partial charge in [-0.25, -0.2) is 22.4 Å². The predicted molar refractivity (Wildman–Crippen MR) is 170 cm³/mol. The second-order valence-corrected chi connectivity index (χ2v) is 13.5. The molecule has 1 saturated heterocycles. The molecule has 10 nitrogen and oxygen atoms in total. The van der Waals surface area contributed by atoms with E-state index in [1.807, 2.05) is 4.90 Å². The lowest BCUT2D eigenvalue weighted by atomic mass is 10.1. The van der Waals surface area contributed by atoms with E-state index < -0.39 is 21.8 Å². The minimum atomic E-state index is -4.72. The van der Waals surface area contributed by atoms with Gasteiger partial charge in [-0.1, -0.05) is 11.6 Å². The molecule has 2 aromatic heterocycles. The lowest BCUT2D eigenvalue weighted by Gasteiger charge is -2.31. The molecule has 0 atom stereocenters. The molecule has 3 aliphatic heterocycles. The van der Waals surface area contributed by atoms with Gasteiger partial charge in [-0.3, -0.25) is 0 Å². The molecule has 3 aliphatic rings. The maximum absolute atomic E-state index is 14.5. The van der Waals surface area contributed by atoms with Gasteiger partial charge in [0.25, 0.3) is 0 Å². The number of morpholine rings is 1. The van der Waals surface area contributed by atoms with E-state index in [2.05, 4.69) is 15.3 Å². The first-order valence-electron chi connectivity index (χ1n) is 15.1. The van der Waals surface area contributed by atoms with Gasteiger partial charge in [0.05, 0.1) is 71.5 Å². The van der Waals surface area contributed by atoms with Crippen LogP contribution < -0.4 is 19.7 Å². The van der Waals surface area contributed by atoms with E-state index in [1.54, 1.807) is 18.2 Å². The van der Waals surface area contributed by atoms with E-state index in [1.165, 1.54) is 25.4 Å². The molecule has 0 amide bonds. The van der Waals surface area contributed by atoms with Crippen molar-refractivity contribution in [2.24, 2.45) is 0 Å². The van der Waals surface area contributed by atoms with Gasteiger partial charge in [-0.05, 0) is 50.8 Å². The number of nitrogens with one attached hydrogen (secondary N) is 1. The third-order valence-electron chi connectivity index (χ3n) is 7.97. The molecule has 1 fully saturated rings. The first-order valence-corrected chi connectivity index (χ1v) is 17.1. The summed E-state index contributed by atoms with van der Waals surface area (Å²) in [5, 5.41) is 3.35. The van der Waals surface area contributed by atoms with Crippen LogP contribution in [0.1, 0.15) is 38.2 Å². The molecular formula is C31H33ClF3N5O5S. The molecule has 15 heteroatoms. The Morgan fingerprint density at radius 1 is 1.00 bits per heavy atom. The van der Waals surface area contributed by atoms with Crippen LogP contribution in [-0.2, 0) is 20.9 Å². The average Bonchev–Trinajstić information content (AvgIpc) is 3.42. The summed E-state index contributed by atoms with van der Waals surface area (Å²) in [6.45, 7) is 3.90. The van der Waals surface area contributed by atoms with E-state index in [4.69, 9.17) is 25.8 Å². The Hall–Kier alpha value is -3.75. The molecule has 0 saturated carbocycles. The van der Waals surface area contributed by atoms with Crippen LogP contribution >= 0.6 is 11.6 Å². The highest BCUT2D eigenvalue weighted by molar-refractivity contribution is 7.90. The number of fused-ring (bicyclic) bond motifs is 8. The van der Waals surface area contributed by atoms with Crippen LogP contribution in [0.25, 0.3) is 22.2 Å². The number of aromatic nitrogens is 3. The van der Waals surface area contributed by atoms with E-state index >= 15 is 0 Å². The van der Waals surface area contributed by atoms with E-state index in [0.717, 1.165) is 29.3 Å². The highest BCUT2D eigenvalue weighted by Gasteiger charge is 2.36. The maximum Gasteiger partial charge on any atom is 0.418 e. The molecule has 1 N–H and O–H groups in total. The van der Waals surface area contributed by atoms with Crippen LogP contribution in [0, 0.1) is 0 Å². The molecule has 0 spiro atoms. The Kier molecular flexibility index (Phi) is 9.22. The van der Waals surface area contributed by atoms with Crippen LogP contribution in [0.15, 0.2) is 42.7 Å². The van der Waals surface area contributed by atoms with Gasteiger partial charge in [-0.15, -0.1) is 0 Å². The van der Waals surface area contributed by atoms with Crippen LogP contribution in [0.2, 0.25) is 5.02 Å². The van der Waals surface area contributed by atoms with Crippen molar-refractivity contribution in [3.63, 3.8) is 0 Å². The monoisotopic (exact) mass is 679 g/mol. The van der Waals surface area contributed by atoms with Gasteiger partial charge in [0.2, 0.25) is 16.0 Å². The van der Waals surface area contributed by atoms with Crippen molar-refractivity contribution >= 4 is 49.9 Å². The van der Waals surface area contributed by atoms with Crippen molar-refractivity contribution in [3.8, 4) is 22.8 Å². The first kappa shape index (κ1) is 32.2. The lowest BCUT2D eigenvalue weighted by Crippen LogP contribution is -2.36. The molecule has 0 aliphatic carbocycles. The number of ether oxygens (including phenoxy) is 3. The minimum absolute atomic E-state index is 0.0868. The lowest BCUT2D eigenvalue weighted by molar-refractivity contribution is -0.136. The van der Waals surface area contributed by atoms with Gasteiger partial charge >= 0.3 is 6.18 Å². The number of halogens is 4. The molecule has 246 valence electrons. The Labute approximate surface area is 269 Å². The van der Waals surface area contributed by atoms with Crippen molar-refractivity contribution in [1.82, 2.24) is 13.9 Å². The summed E-state index contributed by atoms with van der Waals surface area (Å²) in [7, 11) is -3.76. The van der Waals surface area contributed by atoms with Crippen LogP contribution in [-0.4, -0.2) is 67.6 Å². The Bertz CT molecular complexity index is 1840. The second-order valence-electron chi connectivity index (χ2n) is 11.0. The number of alkyl halides is 3. The summed E-state index contributed by atoms with van der Waals surface area (Å²) in [5.74, 6) is 0.472. The average molecular weight is 680 g/mol. The summed E-state index contributed by atoms with van der Waals surface area (Å²) in [6, 6.07) is 7.53. The quantitative estimate of drug-likeness (QED) is 0.248. The zero-order chi connectivity index (χ0) is 32.5. The minimum Gasteiger partial charge on any atom is -0.494 e. The maximum atomic E-state index is 14.5. The van der Waals surface area contributed by atoms with Crippen molar-refractivity contribution < 1.29 is 35.8 Å². The SMILES string of the molecule is CCS(=O)(=O)n1cc2c3ccc(cc31)OCCCCCCOc1cc(c(C(F)(F)F)cc1N1CCOCC1)Nc1ncc(Cl)c-2n1. The number of benzene rings is 2. The van der Waals surface area contributed by atoms with Gasteiger partial charge < -0.3 is 24.4 Å². The highest BCUT2D eigenvalue weighted by atomic mass is 35.5. The molecule has 5 heterocycles. The number of anilines is 3. The molecular weight excluding hydrogens is 647 g/mol. The van der Waals surface area contributed by atoms with Gasteiger partial charge in [0.1, 0.15) is 11.5 Å². The zero-order valence-corrected chi connectivity index (χ0v) is 26.6. The molecule has 8 bridgehead atoms. The summed E-state index contributed by atoms with van der Waals surface area (Å²) in [6.07, 6.45) is 1.07. The summed E-state index contributed by atoms with van der Waals surface area (Å²) >= 11 is 6.54.